The van der Waals surface area contributed by atoms with Crippen LogP contribution in [0, 0.1) is 24.7 Å². The van der Waals surface area contributed by atoms with Crippen LogP contribution in [0.5, 0.6) is 0 Å². The number of anilines is 2. The zero-order valence-corrected chi connectivity index (χ0v) is 17.5. The van der Waals surface area contributed by atoms with Gasteiger partial charge in [-0.15, -0.1) is 12.8 Å². The highest BCUT2D eigenvalue weighted by Crippen LogP contribution is 2.23. The maximum Gasteiger partial charge on any atom is 0.336 e. The third-order valence-corrected chi connectivity index (χ3v) is 4.77. The Bertz CT molecular complexity index is 1320. The molecule has 0 aliphatic rings. The van der Waals surface area contributed by atoms with Crippen LogP contribution in [-0.2, 0) is 0 Å². The van der Waals surface area contributed by atoms with Gasteiger partial charge in [0.1, 0.15) is 0 Å². The highest BCUT2D eigenvalue weighted by atomic mass is 16.4. The summed E-state index contributed by atoms with van der Waals surface area (Å²) in [6.45, 7) is 0. The first-order valence-electron chi connectivity index (χ1n) is 9.65. The quantitative estimate of drug-likeness (QED) is 0.423. The zero-order chi connectivity index (χ0) is 24.8. The SMILES string of the molecule is C#Cc1ccccc1NC(=O)c1cc(C(=O)O)c(C(=O)O)cc1C(=O)Nc1ccccc1C#C. The Morgan fingerprint density at radius 1 is 0.618 bits per heavy atom. The van der Waals surface area contributed by atoms with Crippen LogP contribution < -0.4 is 10.6 Å². The van der Waals surface area contributed by atoms with Gasteiger partial charge in [-0.05, 0) is 36.4 Å². The summed E-state index contributed by atoms with van der Waals surface area (Å²) in [6.07, 6.45) is 10.9. The van der Waals surface area contributed by atoms with E-state index < -0.39 is 34.9 Å². The van der Waals surface area contributed by atoms with E-state index in [9.17, 15) is 29.4 Å². The molecule has 3 aromatic carbocycles. The second kappa shape index (κ2) is 9.86. The molecule has 0 spiro atoms. The molecule has 0 saturated heterocycles. The Balaban J connectivity index is 2.14. The monoisotopic (exact) mass is 452 g/mol. The van der Waals surface area contributed by atoms with Gasteiger partial charge in [0.2, 0.25) is 0 Å². The predicted octanol–water partition coefficient (Wildman–Crippen LogP) is 3.55. The summed E-state index contributed by atoms with van der Waals surface area (Å²) >= 11 is 0. The molecule has 0 aromatic heterocycles. The summed E-state index contributed by atoms with van der Waals surface area (Å²) in [5, 5.41) is 24.0. The van der Waals surface area contributed by atoms with Crippen LogP contribution in [0.1, 0.15) is 52.6 Å². The average Bonchev–Trinajstić information content (AvgIpc) is 2.83. The van der Waals surface area contributed by atoms with Gasteiger partial charge >= 0.3 is 11.9 Å². The largest absolute Gasteiger partial charge is 0.478 e. The molecule has 0 heterocycles. The number of carbonyl (C=O) groups excluding carboxylic acids is 2. The van der Waals surface area contributed by atoms with Crippen LogP contribution in [0.4, 0.5) is 11.4 Å². The van der Waals surface area contributed by atoms with Crippen molar-refractivity contribution >= 4 is 35.1 Å². The maximum absolute atomic E-state index is 13.1. The van der Waals surface area contributed by atoms with E-state index in [4.69, 9.17) is 12.8 Å². The Morgan fingerprint density at radius 2 is 0.971 bits per heavy atom. The molecular weight excluding hydrogens is 436 g/mol. The van der Waals surface area contributed by atoms with Crippen molar-refractivity contribution in [2.24, 2.45) is 0 Å². The fourth-order valence-corrected chi connectivity index (χ4v) is 3.14. The molecule has 0 fully saturated rings. The van der Waals surface area contributed by atoms with Gasteiger partial charge in [-0.1, -0.05) is 36.1 Å². The molecule has 8 nitrogen and oxygen atoms in total. The number of terminal acetylenes is 2. The summed E-state index contributed by atoms with van der Waals surface area (Å²) in [5.41, 5.74) is -0.867. The highest BCUT2D eigenvalue weighted by molar-refractivity contribution is 6.18. The molecule has 3 rings (SSSR count). The topological polar surface area (TPSA) is 133 Å². The van der Waals surface area contributed by atoms with E-state index in [0.29, 0.717) is 11.1 Å². The molecule has 0 saturated carbocycles. The van der Waals surface area contributed by atoms with E-state index >= 15 is 0 Å². The Morgan fingerprint density at radius 3 is 1.29 bits per heavy atom. The molecule has 0 aliphatic heterocycles. The van der Waals surface area contributed by atoms with Crippen molar-refractivity contribution in [1.29, 1.82) is 0 Å². The molecule has 4 N–H and O–H groups in total. The number of hydrogen-bond donors (Lipinski definition) is 4. The van der Waals surface area contributed by atoms with Crippen molar-refractivity contribution in [1.82, 2.24) is 0 Å². The zero-order valence-electron chi connectivity index (χ0n) is 17.5. The van der Waals surface area contributed by atoms with Crippen molar-refractivity contribution in [2.45, 2.75) is 0 Å². The lowest BCUT2D eigenvalue weighted by molar-refractivity contribution is 0.0651. The van der Waals surface area contributed by atoms with Crippen molar-refractivity contribution in [2.75, 3.05) is 10.6 Å². The lowest BCUT2D eigenvalue weighted by Crippen LogP contribution is -2.23. The minimum Gasteiger partial charge on any atom is -0.478 e. The summed E-state index contributed by atoms with van der Waals surface area (Å²) in [5.74, 6) is -0.0850. The third kappa shape index (κ3) is 4.77. The van der Waals surface area contributed by atoms with E-state index in [1.807, 2.05) is 0 Å². The second-order valence-electron chi connectivity index (χ2n) is 6.84. The Kier molecular flexibility index (Phi) is 6.76. The van der Waals surface area contributed by atoms with Crippen molar-refractivity contribution in [3.63, 3.8) is 0 Å². The van der Waals surface area contributed by atoms with Crippen molar-refractivity contribution < 1.29 is 29.4 Å². The maximum atomic E-state index is 13.1. The standard InChI is InChI=1S/C26H16N2O6/c1-3-15-9-5-7-11-21(15)27-23(29)17-13-19(25(31)32)20(26(33)34)14-18(17)24(30)28-22-12-8-6-10-16(22)4-2/h1-2,5-14H,(H,27,29)(H,28,30)(H,31,32)(H,33,34). The Hall–Kier alpha value is -5.34. The third-order valence-electron chi connectivity index (χ3n) is 4.77. The van der Waals surface area contributed by atoms with Gasteiger partial charge in [-0.3, -0.25) is 9.59 Å². The van der Waals surface area contributed by atoms with Gasteiger partial charge in [0.05, 0.1) is 33.6 Å². The van der Waals surface area contributed by atoms with E-state index in [-0.39, 0.29) is 22.5 Å². The minimum absolute atomic E-state index is 0.248. The van der Waals surface area contributed by atoms with E-state index in [0.717, 1.165) is 12.1 Å². The fourth-order valence-electron chi connectivity index (χ4n) is 3.14. The number of nitrogens with one attached hydrogen (secondary N) is 2. The van der Waals surface area contributed by atoms with Gasteiger partial charge in [0.15, 0.2) is 0 Å². The van der Waals surface area contributed by atoms with Gasteiger partial charge in [0, 0.05) is 11.1 Å². The van der Waals surface area contributed by atoms with E-state index in [1.54, 1.807) is 36.4 Å². The van der Waals surface area contributed by atoms with Gasteiger partial charge < -0.3 is 20.8 Å². The predicted molar refractivity (Wildman–Crippen MR) is 125 cm³/mol. The normalized spacial score (nSPS) is 9.82. The first-order chi connectivity index (χ1) is 16.3. The lowest BCUT2D eigenvalue weighted by atomic mass is 9.96. The molecule has 8 heteroatoms. The molecule has 166 valence electrons. The van der Waals surface area contributed by atoms with Gasteiger partial charge in [-0.25, -0.2) is 9.59 Å². The van der Waals surface area contributed by atoms with Crippen molar-refractivity contribution in [3.05, 3.63) is 94.0 Å². The molecule has 0 aliphatic carbocycles. The van der Waals surface area contributed by atoms with Gasteiger partial charge in [0.25, 0.3) is 11.8 Å². The Labute approximate surface area is 194 Å². The molecule has 0 unspecified atom stereocenters. The fraction of sp³-hybridized carbons (Fsp3) is 0. The minimum atomic E-state index is -1.58. The van der Waals surface area contributed by atoms with Crippen LogP contribution in [0.2, 0.25) is 0 Å². The number of amides is 2. The molecule has 3 aromatic rings. The highest BCUT2D eigenvalue weighted by Gasteiger charge is 2.26. The van der Waals surface area contributed by atoms with Crippen molar-refractivity contribution in [3.8, 4) is 24.7 Å². The summed E-state index contributed by atoms with van der Waals surface area (Å²) in [4.78, 5) is 49.6. The molecule has 0 bridgehead atoms. The number of carbonyl (C=O) groups is 4. The summed E-state index contributed by atoms with van der Waals surface area (Å²) < 4.78 is 0. The average molecular weight is 452 g/mol. The molecular formula is C26H16N2O6. The van der Waals surface area contributed by atoms with Gasteiger partial charge in [-0.2, -0.15) is 0 Å². The molecule has 2 amide bonds. The number of carboxylic acids is 2. The molecule has 0 radical (unpaired) electrons. The van der Waals surface area contributed by atoms with Crippen LogP contribution in [0.15, 0.2) is 60.7 Å². The number of aromatic carboxylic acids is 2. The summed E-state index contributed by atoms with van der Waals surface area (Å²) in [6, 6.07) is 14.5. The van der Waals surface area contributed by atoms with E-state index in [2.05, 4.69) is 22.5 Å². The lowest BCUT2D eigenvalue weighted by Gasteiger charge is -2.15. The number of para-hydroxylation sites is 2. The van der Waals surface area contributed by atoms with E-state index in [1.165, 1.54) is 12.1 Å². The van der Waals surface area contributed by atoms with Crippen LogP contribution in [0.3, 0.4) is 0 Å². The number of benzene rings is 3. The number of carboxylic acid groups (broad SMARTS) is 2. The molecule has 0 atom stereocenters. The number of hydrogen-bond acceptors (Lipinski definition) is 4. The van der Waals surface area contributed by atoms with Crippen LogP contribution in [0.25, 0.3) is 0 Å². The first-order valence-corrected chi connectivity index (χ1v) is 9.65. The van der Waals surface area contributed by atoms with Crippen LogP contribution in [-0.4, -0.2) is 34.0 Å². The van der Waals surface area contributed by atoms with Crippen LogP contribution >= 0.6 is 0 Å². The summed E-state index contributed by atoms with van der Waals surface area (Å²) in [7, 11) is 0. The smallest absolute Gasteiger partial charge is 0.336 e. The molecule has 34 heavy (non-hydrogen) atoms. The number of rotatable bonds is 6. The second-order valence-corrected chi connectivity index (χ2v) is 6.84. The first kappa shape index (κ1) is 23.3.